The normalized spacial score (nSPS) is 18.7. The van der Waals surface area contributed by atoms with E-state index < -0.39 is 0 Å². The van der Waals surface area contributed by atoms with Crippen molar-refractivity contribution in [3.8, 4) is 5.75 Å². The lowest BCUT2D eigenvalue weighted by molar-refractivity contribution is 0.265. The second-order valence-corrected chi connectivity index (χ2v) is 4.25. The highest BCUT2D eigenvalue weighted by molar-refractivity contribution is 5.88. The summed E-state index contributed by atoms with van der Waals surface area (Å²) < 4.78 is 10.9. The number of rotatable bonds is 3. The van der Waals surface area contributed by atoms with Gasteiger partial charge in [-0.25, -0.2) is 0 Å². The predicted octanol–water partition coefficient (Wildman–Crippen LogP) is 2.93. The van der Waals surface area contributed by atoms with E-state index in [1.807, 2.05) is 12.1 Å². The van der Waals surface area contributed by atoms with Crippen molar-refractivity contribution in [3.05, 3.63) is 42.0 Å². The molecule has 0 spiro atoms. The highest BCUT2D eigenvalue weighted by atomic mass is 16.6. The number of aryl methyl sites for hydroxylation is 1. The van der Waals surface area contributed by atoms with Crippen molar-refractivity contribution in [1.29, 1.82) is 0 Å². The average molecular weight is 214 g/mol. The van der Waals surface area contributed by atoms with Gasteiger partial charge in [-0.15, -0.1) is 0 Å². The van der Waals surface area contributed by atoms with Gasteiger partial charge in [0.15, 0.2) is 0 Å². The largest absolute Gasteiger partial charge is 0.490 e. The lowest BCUT2D eigenvalue weighted by atomic mass is 10.1. The van der Waals surface area contributed by atoms with E-state index in [1.165, 1.54) is 16.3 Å². The summed E-state index contributed by atoms with van der Waals surface area (Å²) in [5, 5.41) is 2.41. The molecule has 1 unspecified atom stereocenters. The fourth-order valence-corrected chi connectivity index (χ4v) is 1.83. The summed E-state index contributed by atoms with van der Waals surface area (Å²) in [4.78, 5) is 0. The monoisotopic (exact) mass is 214 g/mol. The Morgan fingerprint density at radius 1 is 1.31 bits per heavy atom. The second-order valence-electron chi connectivity index (χ2n) is 4.25. The molecule has 82 valence electrons. The quantitative estimate of drug-likeness (QED) is 0.733. The zero-order valence-electron chi connectivity index (χ0n) is 9.27. The lowest BCUT2D eigenvalue weighted by Crippen LogP contribution is -2.04. The molecule has 1 aliphatic heterocycles. The number of ether oxygens (including phenoxy) is 2. The fourth-order valence-electron chi connectivity index (χ4n) is 1.83. The summed E-state index contributed by atoms with van der Waals surface area (Å²) >= 11 is 0. The summed E-state index contributed by atoms with van der Waals surface area (Å²) in [5.41, 5.74) is 1.26. The van der Waals surface area contributed by atoms with Gasteiger partial charge >= 0.3 is 0 Å². The van der Waals surface area contributed by atoms with E-state index in [4.69, 9.17) is 9.47 Å². The molecule has 16 heavy (non-hydrogen) atoms. The fraction of sp³-hybridized carbons (Fsp3) is 0.286. The van der Waals surface area contributed by atoms with Gasteiger partial charge in [0.2, 0.25) is 0 Å². The molecule has 1 saturated heterocycles. The molecule has 0 saturated carbocycles. The Balaban J connectivity index is 1.97. The maximum atomic E-state index is 5.77. The predicted molar refractivity (Wildman–Crippen MR) is 63.9 cm³/mol. The Kier molecular flexibility index (Phi) is 2.29. The van der Waals surface area contributed by atoms with Crippen LogP contribution in [0.4, 0.5) is 0 Å². The number of benzene rings is 2. The van der Waals surface area contributed by atoms with Crippen molar-refractivity contribution < 1.29 is 9.47 Å². The molecule has 1 fully saturated rings. The van der Waals surface area contributed by atoms with Gasteiger partial charge in [-0.2, -0.15) is 0 Å². The van der Waals surface area contributed by atoms with Crippen LogP contribution in [0.5, 0.6) is 5.75 Å². The Hall–Kier alpha value is -1.54. The molecule has 2 heteroatoms. The molecule has 0 radical (unpaired) electrons. The third kappa shape index (κ3) is 1.89. The summed E-state index contributed by atoms with van der Waals surface area (Å²) in [6, 6.07) is 12.6. The lowest BCUT2D eigenvalue weighted by Gasteiger charge is -2.08. The smallest absolute Gasteiger partial charge is 0.127 e. The van der Waals surface area contributed by atoms with Gasteiger partial charge in [-0.3, -0.25) is 0 Å². The van der Waals surface area contributed by atoms with Gasteiger partial charge in [-0.1, -0.05) is 29.8 Å². The van der Waals surface area contributed by atoms with E-state index in [2.05, 4.69) is 31.2 Å². The SMILES string of the molecule is Cc1ccc2cccc(OCC3CO3)c2c1. The van der Waals surface area contributed by atoms with Gasteiger partial charge < -0.3 is 9.47 Å². The average Bonchev–Trinajstić information content (AvgIpc) is 3.10. The second kappa shape index (κ2) is 3.80. The van der Waals surface area contributed by atoms with Crippen molar-refractivity contribution in [2.24, 2.45) is 0 Å². The van der Waals surface area contributed by atoms with Crippen LogP contribution in [0.3, 0.4) is 0 Å². The minimum atomic E-state index is 0.306. The molecular formula is C14H14O2. The van der Waals surface area contributed by atoms with Crippen molar-refractivity contribution in [1.82, 2.24) is 0 Å². The third-order valence-corrected chi connectivity index (χ3v) is 2.82. The molecule has 1 aliphatic rings. The van der Waals surface area contributed by atoms with E-state index in [1.54, 1.807) is 0 Å². The van der Waals surface area contributed by atoms with E-state index in [0.29, 0.717) is 12.7 Å². The van der Waals surface area contributed by atoms with E-state index >= 15 is 0 Å². The van der Waals surface area contributed by atoms with Gasteiger partial charge in [0.25, 0.3) is 0 Å². The van der Waals surface area contributed by atoms with Crippen molar-refractivity contribution in [2.75, 3.05) is 13.2 Å². The Bertz CT molecular complexity index is 515. The highest BCUT2D eigenvalue weighted by Gasteiger charge is 2.23. The summed E-state index contributed by atoms with van der Waals surface area (Å²) in [6.07, 6.45) is 0.306. The van der Waals surface area contributed by atoms with Crippen LogP contribution >= 0.6 is 0 Å². The van der Waals surface area contributed by atoms with Crippen LogP contribution in [0, 0.1) is 6.92 Å². The molecule has 3 rings (SSSR count). The summed E-state index contributed by atoms with van der Waals surface area (Å²) in [6.45, 7) is 3.59. The number of epoxide rings is 1. The summed E-state index contributed by atoms with van der Waals surface area (Å²) in [5.74, 6) is 0.955. The summed E-state index contributed by atoms with van der Waals surface area (Å²) in [7, 11) is 0. The van der Waals surface area contributed by atoms with Crippen molar-refractivity contribution in [3.63, 3.8) is 0 Å². The Morgan fingerprint density at radius 3 is 3.00 bits per heavy atom. The first-order chi connectivity index (χ1) is 7.83. The molecule has 1 heterocycles. The van der Waals surface area contributed by atoms with Crippen LogP contribution < -0.4 is 4.74 Å². The molecular weight excluding hydrogens is 200 g/mol. The number of hydrogen-bond acceptors (Lipinski definition) is 2. The minimum Gasteiger partial charge on any atom is -0.490 e. The topological polar surface area (TPSA) is 21.8 Å². The molecule has 0 aromatic heterocycles. The molecule has 0 N–H and O–H groups in total. The molecule has 0 bridgehead atoms. The van der Waals surface area contributed by atoms with E-state index in [-0.39, 0.29) is 0 Å². The van der Waals surface area contributed by atoms with Crippen molar-refractivity contribution >= 4 is 10.8 Å². The van der Waals surface area contributed by atoms with Gasteiger partial charge in [-0.05, 0) is 24.4 Å². The van der Waals surface area contributed by atoms with Gasteiger partial charge in [0, 0.05) is 5.39 Å². The van der Waals surface area contributed by atoms with Crippen LogP contribution in [0.1, 0.15) is 5.56 Å². The molecule has 2 aromatic carbocycles. The molecule has 0 amide bonds. The third-order valence-electron chi connectivity index (χ3n) is 2.82. The van der Waals surface area contributed by atoms with Crippen molar-refractivity contribution in [2.45, 2.75) is 13.0 Å². The van der Waals surface area contributed by atoms with Crippen LogP contribution in [0.25, 0.3) is 10.8 Å². The maximum absolute atomic E-state index is 5.77. The van der Waals surface area contributed by atoms with Gasteiger partial charge in [0.05, 0.1) is 6.61 Å². The minimum absolute atomic E-state index is 0.306. The molecule has 2 nitrogen and oxygen atoms in total. The first-order valence-corrected chi connectivity index (χ1v) is 5.57. The van der Waals surface area contributed by atoms with Crippen LogP contribution in [0.15, 0.2) is 36.4 Å². The molecule has 1 atom stereocenters. The molecule has 2 aromatic rings. The highest BCUT2D eigenvalue weighted by Crippen LogP contribution is 2.27. The Morgan fingerprint density at radius 2 is 2.19 bits per heavy atom. The Labute approximate surface area is 94.8 Å². The van der Waals surface area contributed by atoms with Crippen LogP contribution in [0.2, 0.25) is 0 Å². The maximum Gasteiger partial charge on any atom is 0.127 e. The van der Waals surface area contributed by atoms with Crippen LogP contribution in [-0.2, 0) is 4.74 Å². The van der Waals surface area contributed by atoms with Gasteiger partial charge in [0.1, 0.15) is 18.5 Å². The molecule has 0 aliphatic carbocycles. The zero-order valence-corrected chi connectivity index (χ0v) is 9.27. The standard InChI is InChI=1S/C14H14O2/c1-10-5-6-11-3-2-4-14(13(11)7-10)16-9-12-8-15-12/h2-7,12H,8-9H2,1H3. The van der Waals surface area contributed by atoms with E-state index in [0.717, 1.165) is 12.4 Å². The first kappa shape index (κ1) is 9.67. The zero-order chi connectivity index (χ0) is 11.0. The first-order valence-electron chi connectivity index (χ1n) is 5.57. The number of fused-ring (bicyclic) bond motifs is 1. The van der Waals surface area contributed by atoms with E-state index in [9.17, 15) is 0 Å². The van der Waals surface area contributed by atoms with Crippen LogP contribution in [-0.4, -0.2) is 19.3 Å². The number of hydrogen-bond donors (Lipinski definition) is 0.